The van der Waals surface area contributed by atoms with Gasteiger partial charge >= 0.3 is 0 Å². The number of amidine groups is 1. The first kappa shape index (κ1) is 13.6. The van der Waals surface area contributed by atoms with Crippen LogP contribution >= 0.6 is 23.1 Å². The Morgan fingerprint density at radius 3 is 3.00 bits per heavy atom. The van der Waals surface area contributed by atoms with Crippen LogP contribution in [-0.4, -0.2) is 28.2 Å². The number of carbonyl (C=O) groups excluding carboxylic acids is 1. The van der Waals surface area contributed by atoms with Gasteiger partial charge in [0.1, 0.15) is 11.8 Å². The summed E-state index contributed by atoms with van der Waals surface area (Å²) in [5, 5.41) is 0. The maximum absolute atomic E-state index is 12.0. The Bertz CT molecular complexity index is 843. The van der Waals surface area contributed by atoms with Crippen molar-refractivity contribution in [3.05, 3.63) is 48.6 Å². The molecule has 2 heterocycles. The molecule has 0 fully saturated rings. The molecule has 0 bridgehead atoms. The van der Waals surface area contributed by atoms with E-state index in [-0.39, 0.29) is 11.8 Å². The van der Waals surface area contributed by atoms with Crippen molar-refractivity contribution in [3.8, 4) is 0 Å². The summed E-state index contributed by atoms with van der Waals surface area (Å²) in [6.07, 6.45) is 7.46. The number of carbonyl (C=O) groups is 1. The first-order valence-corrected chi connectivity index (χ1v) is 8.63. The number of nitrogens with zero attached hydrogens (tertiary/aromatic N) is 3. The van der Waals surface area contributed by atoms with Gasteiger partial charge in [0.25, 0.3) is 5.91 Å². The van der Waals surface area contributed by atoms with Crippen molar-refractivity contribution >= 4 is 50.8 Å². The van der Waals surface area contributed by atoms with Crippen molar-refractivity contribution in [2.24, 2.45) is 15.9 Å². The van der Waals surface area contributed by atoms with Crippen molar-refractivity contribution < 1.29 is 4.79 Å². The second-order valence-corrected chi connectivity index (χ2v) is 7.11. The third kappa shape index (κ3) is 2.55. The molecule has 1 aliphatic carbocycles. The van der Waals surface area contributed by atoms with E-state index in [2.05, 4.69) is 21.0 Å². The van der Waals surface area contributed by atoms with E-state index >= 15 is 0 Å². The van der Waals surface area contributed by atoms with Crippen molar-refractivity contribution in [2.75, 3.05) is 5.75 Å². The molecule has 1 unspecified atom stereocenters. The summed E-state index contributed by atoms with van der Waals surface area (Å²) in [6, 6.07) is 8.05. The number of aromatic nitrogens is 1. The second-order valence-electron chi connectivity index (χ2n) is 4.86. The van der Waals surface area contributed by atoms with Crippen LogP contribution in [0, 0.1) is 5.92 Å². The zero-order valence-corrected chi connectivity index (χ0v) is 13.1. The highest BCUT2D eigenvalue weighted by molar-refractivity contribution is 8.01. The SMILES string of the molecule is O=C1N=C(CSc2nc3ccccc3s2)N=C2C=CC=CC12. The smallest absolute Gasteiger partial charge is 0.260 e. The van der Waals surface area contributed by atoms with Crippen molar-refractivity contribution in [3.63, 3.8) is 0 Å². The molecule has 2 aromatic rings. The van der Waals surface area contributed by atoms with Gasteiger partial charge in [-0.15, -0.1) is 11.3 Å². The van der Waals surface area contributed by atoms with Crippen LogP contribution in [0.1, 0.15) is 0 Å². The van der Waals surface area contributed by atoms with Crippen molar-refractivity contribution in [1.82, 2.24) is 4.98 Å². The van der Waals surface area contributed by atoms with E-state index in [4.69, 9.17) is 0 Å². The number of amides is 1. The number of aliphatic imine (C=N–C) groups is 2. The average molecular weight is 325 g/mol. The molecule has 0 spiro atoms. The summed E-state index contributed by atoms with van der Waals surface area (Å²) in [5.41, 5.74) is 1.78. The van der Waals surface area contributed by atoms with Gasteiger partial charge in [-0.2, -0.15) is 4.99 Å². The molecule has 1 amide bonds. The summed E-state index contributed by atoms with van der Waals surface area (Å²) in [5.74, 6) is 0.687. The topological polar surface area (TPSA) is 54.7 Å². The van der Waals surface area contributed by atoms with Crippen LogP contribution < -0.4 is 0 Å². The van der Waals surface area contributed by atoms with Gasteiger partial charge in [0.05, 0.1) is 21.7 Å². The molecule has 6 heteroatoms. The molecule has 1 aromatic carbocycles. The van der Waals surface area contributed by atoms with Crippen LogP contribution in [-0.2, 0) is 4.79 Å². The summed E-state index contributed by atoms with van der Waals surface area (Å²) >= 11 is 3.22. The molecule has 1 atom stereocenters. The van der Waals surface area contributed by atoms with Gasteiger partial charge in [-0.3, -0.25) is 4.79 Å². The number of benzene rings is 1. The second kappa shape index (κ2) is 5.62. The highest BCUT2D eigenvalue weighted by Gasteiger charge is 2.26. The van der Waals surface area contributed by atoms with Gasteiger partial charge in [-0.25, -0.2) is 9.98 Å². The number of rotatable bonds is 3. The third-order valence-electron chi connectivity index (χ3n) is 3.36. The largest absolute Gasteiger partial charge is 0.271 e. The van der Waals surface area contributed by atoms with Crippen LogP contribution in [0.2, 0.25) is 0 Å². The van der Waals surface area contributed by atoms with Crippen LogP contribution in [0.4, 0.5) is 0 Å². The molecule has 0 saturated heterocycles. The Kier molecular flexibility index (Phi) is 3.48. The zero-order chi connectivity index (χ0) is 14.9. The van der Waals surface area contributed by atoms with Crippen LogP contribution in [0.5, 0.6) is 0 Å². The molecule has 4 nitrogen and oxygen atoms in total. The van der Waals surface area contributed by atoms with Gasteiger partial charge in [0, 0.05) is 0 Å². The number of hydrogen-bond acceptors (Lipinski definition) is 5. The van der Waals surface area contributed by atoms with E-state index in [0.29, 0.717) is 11.6 Å². The van der Waals surface area contributed by atoms with E-state index < -0.39 is 0 Å². The fourth-order valence-corrected chi connectivity index (χ4v) is 4.25. The minimum Gasteiger partial charge on any atom is -0.271 e. The monoisotopic (exact) mass is 325 g/mol. The first-order valence-electron chi connectivity index (χ1n) is 6.83. The lowest BCUT2D eigenvalue weighted by Crippen LogP contribution is -2.27. The summed E-state index contributed by atoms with van der Waals surface area (Å²) in [4.78, 5) is 25.2. The van der Waals surface area contributed by atoms with E-state index in [0.717, 1.165) is 15.6 Å². The number of fused-ring (bicyclic) bond motifs is 2. The minimum absolute atomic E-state index is 0.134. The Morgan fingerprint density at radius 1 is 1.18 bits per heavy atom. The standard InChI is InChI=1S/C16H11N3OS2/c20-15-10-5-1-2-6-11(10)17-14(19-15)9-21-16-18-12-7-3-4-8-13(12)22-16/h1-8,10H,9H2. The number of thiazole rings is 1. The lowest BCUT2D eigenvalue weighted by atomic mass is 9.97. The number of thioether (sulfide) groups is 1. The average Bonchev–Trinajstić information content (AvgIpc) is 2.96. The third-order valence-corrected chi connectivity index (χ3v) is 5.54. The molecule has 0 N–H and O–H groups in total. The van der Waals surface area contributed by atoms with E-state index in [1.807, 2.05) is 42.5 Å². The van der Waals surface area contributed by atoms with Crippen molar-refractivity contribution in [1.29, 1.82) is 0 Å². The van der Waals surface area contributed by atoms with Gasteiger partial charge in [-0.05, 0) is 18.2 Å². The molecule has 0 saturated carbocycles. The van der Waals surface area contributed by atoms with Gasteiger partial charge in [-0.1, -0.05) is 42.1 Å². The molecule has 1 aromatic heterocycles. The summed E-state index contributed by atoms with van der Waals surface area (Å²) in [7, 11) is 0. The quantitative estimate of drug-likeness (QED) is 0.812. The minimum atomic E-state index is -0.304. The maximum atomic E-state index is 12.0. The van der Waals surface area contributed by atoms with Crippen LogP contribution in [0.15, 0.2) is 62.9 Å². The van der Waals surface area contributed by atoms with Gasteiger partial charge in [0.2, 0.25) is 0 Å². The summed E-state index contributed by atoms with van der Waals surface area (Å²) < 4.78 is 2.14. The molecule has 0 radical (unpaired) electrons. The van der Waals surface area contributed by atoms with E-state index in [1.54, 1.807) is 23.1 Å². The van der Waals surface area contributed by atoms with Crippen LogP contribution in [0.25, 0.3) is 10.2 Å². The highest BCUT2D eigenvalue weighted by Crippen LogP contribution is 2.30. The lowest BCUT2D eigenvalue weighted by Gasteiger charge is -2.17. The molecular formula is C16H11N3OS2. The Labute approximate surface area is 135 Å². The fourth-order valence-electron chi connectivity index (χ4n) is 2.32. The fraction of sp³-hybridized carbons (Fsp3) is 0.125. The molecular weight excluding hydrogens is 314 g/mol. The molecule has 2 aliphatic rings. The zero-order valence-electron chi connectivity index (χ0n) is 11.5. The van der Waals surface area contributed by atoms with Crippen LogP contribution in [0.3, 0.4) is 0 Å². The lowest BCUT2D eigenvalue weighted by molar-refractivity contribution is -0.118. The van der Waals surface area contributed by atoms with Gasteiger partial charge in [0.15, 0.2) is 4.34 Å². The Morgan fingerprint density at radius 2 is 2.09 bits per heavy atom. The normalized spacial score (nSPS) is 20.0. The Hall–Kier alpha value is -2.05. The van der Waals surface area contributed by atoms with E-state index in [9.17, 15) is 4.79 Å². The van der Waals surface area contributed by atoms with Gasteiger partial charge < -0.3 is 0 Å². The van der Waals surface area contributed by atoms with Crippen molar-refractivity contribution in [2.45, 2.75) is 4.34 Å². The number of allylic oxidation sites excluding steroid dienone is 3. The summed E-state index contributed by atoms with van der Waals surface area (Å²) in [6.45, 7) is 0. The number of para-hydroxylation sites is 1. The molecule has 108 valence electrons. The predicted octanol–water partition coefficient (Wildman–Crippen LogP) is 3.51. The highest BCUT2D eigenvalue weighted by atomic mass is 32.2. The Balaban J connectivity index is 1.52. The van der Waals surface area contributed by atoms with E-state index in [1.165, 1.54) is 4.70 Å². The predicted molar refractivity (Wildman–Crippen MR) is 92.0 cm³/mol. The number of hydrogen-bond donors (Lipinski definition) is 0. The molecule has 1 aliphatic heterocycles. The first-order chi connectivity index (χ1) is 10.8. The molecule has 22 heavy (non-hydrogen) atoms. The molecule has 4 rings (SSSR count). The maximum Gasteiger partial charge on any atom is 0.260 e.